The molecule has 2 aliphatic heterocycles. The van der Waals surface area contributed by atoms with Gasteiger partial charge in [0.1, 0.15) is 11.6 Å². The Bertz CT molecular complexity index is 1270. The second-order valence-electron chi connectivity index (χ2n) is 8.10. The number of anilines is 1. The molecule has 4 aromatic rings. The zero-order valence-electron chi connectivity index (χ0n) is 17.2. The van der Waals surface area contributed by atoms with Crippen LogP contribution in [-0.4, -0.2) is 40.9 Å². The van der Waals surface area contributed by atoms with E-state index in [0.29, 0.717) is 5.02 Å². The first-order valence-electron chi connectivity index (χ1n) is 10.6. The maximum absolute atomic E-state index is 6.34. The molecule has 2 aromatic heterocycles. The van der Waals surface area contributed by atoms with Gasteiger partial charge in [0.2, 0.25) is 5.82 Å². The summed E-state index contributed by atoms with van der Waals surface area (Å²) in [5.74, 6) is 3.20. The number of piperazine rings is 1. The number of aryl methyl sites for hydroxylation is 1. The Morgan fingerprint density at radius 3 is 2.58 bits per heavy atom. The van der Waals surface area contributed by atoms with E-state index in [4.69, 9.17) is 16.0 Å². The second kappa shape index (κ2) is 7.25. The lowest BCUT2D eigenvalue weighted by Gasteiger charge is -2.30. The second-order valence-corrected chi connectivity index (χ2v) is 8.54. The van der Waals surface area contributed by atoms with E-state index in [-0.39, 0.29) is 0 Å². The van der Waals surface area contributed by atoms with Crippen LogP contribution in [0.15, 0.2) is 52.9 Å². The lowest BCUT2D eigenvalue weighted by molar-refractivity contribution is 0.588. The Morgan fingerprint density at radius 2 is 1.77 bits per heavy atom. The molecule has 4 heterocycles. The van der Waals surface area contributed by atoms with Gasteiger partial charge in [-0.05, 0) is 61.0 Å². The normalized spacial score (nSPS) is 15.2. The molecule has 2 aliphatic rings. The summed E-state index contributed by atoms with van der Waals surface area (Å²) in [7, 11) is 0. The van der Waals surface area contributed by atoms with Crippen molar-refractivity contribution in [2.24, 2.45) is 0 Å². The first-order chi connectivity index (χ1) is 15.2. The van der Waals surface area contributed by atoms with E-state index in [1.54, 1.807) is 0 Å². The highest BCUT2D eigenvalue weighted by molar-refractivity contribution is 6.30. The van der Waals surface area contributed by atoms with Crippen LogP contribution in [0.25, 0.3) is 28.6 Å². The lowest BCUT2D eigenvalue weighted by atomic mass is 10.0. The Kier molecular flexibility index (Phi) is 4.37. The van der Waals surface area contributed by atoms with Crippen molar-refractivity contribution in [2.75, 3.05) is 31.1 Å². The molecule has 1 N–H and O–H groups in total. The molecule has 0 radical (unpaired) electrons. The van der Waals surface area contributed by atoms with E-state index in [9.17, 15) is 0 Å². The summed E-state index contributed by atoms with van der Waals surface area (Å²) in [6.45, 7) is 6.06. The molecule has 0 atom stereocenters. The van der Waals surface area contributed by atoms with E-state index >= 15 is 0 Å². The maximum atomic E-state index is 6.34. The van der Waals surface area contributed by atoms with Crippen molar-refractivity contribution in [3.63, 3.8) is 0 Å². The number of furan rings is 1. The van der Waals surface area contributed by atoms with Crippen molar-refractivity contribution in [3.05, 3.63) is 70.5 Å². The Hall–Kier alpha value is -3.09. The monoisotopic (exact) mass is 431 g/mol. The van der Waals surface area contributed by atoms with Crippen molar-refractivity contribution in [1.29, 1.82) is 0 Å². The molecule has 0 aliphatic carbocycles. The highest BCUT2D eigenvalue weighted by Gasteiger charge is 2.27. The average Bonchev–Trinajstić information content (AvgIpc) is 3.35. The fourth-order valence-electron chi connectivity index (χ4n) is 4.56. The highest BCUT2D eigenvalue weighted by Crippen LogP contribution is 2.39. The molecule has 0 saturated carbocycles. The number of nitrogens with one attached hydrogen (secondary N) is 1. The van der Waals surface area contributed by atoms with E-state index in [0.717, 1.165) is 72.6 Å². The van der Waals surface area contributed by atoms with Gasteiger partial charge in [0, 0.05) is 54.4 Å². The Morgan fingerprint density at radius 1 is 0.968 bits per heavy atom. The third-order valence-electron chi connectivity index (χ3n) is 6.13. The molecule has 0 amide bonds. The quantitative estimate of drug-likeness (QED) is 0.447. The third-order valence-corrected chi connectivity index (χ3v) is 6.38. The lowest BCUT2D eigenvalue weighted by Crippen LogP contribution is -2.43. The number of fused-ring (bicyclic) bond motifs is 5. The van der Waals surface area contributed by atoms with Gasteiger partial charge in [-0.3, -0.25) is 4.57 Å². The van der Waals surface area contributed by atoms with Gasteiger partial charge in [0.15, 0.2) is 5.76 Å². The molecule has 2 aromatic carbocycles. The van der Waals surface area contributed by atoms with Crippen molar-refractivity contribution < 1.29 is 4.42 Å². The zero-order valence-corrected chi connectivity index (χ0v) is 18.0. The molecular weight excluding hydrogens is 410 g/mol. The summed E-state index contributed by atoms with van der Waals surface area (Å²) >= 11 is 6.07. The topological polar surface area (TPSA) is 59.1 Å². The van der Waals surface area contributed by atoms with E-state index in [2.05, 4.69) is 49.2 Å². The molecule has 156 valence electrons. The molecule has 0 spiro atoms. The third kappa shape index (κ3) is 3.14. The highest BCUT2D eigenvalue weighted by atomic mass is 35.5. The van der Waals surface area contributed by atoms with Gasteiger partial charge in [-0.25, -0.2) is 0 Å². The van der Waals surface area contributed by atoms with Gasteiger partial charge in [0.25, 0.3) is 0 Å². The van der Waals surface area contributed by atoms with Crippen molar-refractivity contribution >= 4 is 17.3 Å². The molecule has 1 saturated heterocycles. The minimum atomic E-state index is 0.710. The average molecular weight is 432 g/mol. The van der Waals surface area contributed by atoms with Crippen LogP contribution >= 0.6 is 11.6 Å². The minimum Gasteiger partial charge on any atom is -0.452 e. The maximum Gasteiger partial charge on any atom is 0.204 e. The summed E-state index contributed by atoms with van der Waals surface area (Å²) in [5.41, 5.74) is 5.75. The fraction of sp³-hybridized carbons (Fsp3) is 0.250. The van der Waals surface area contributed by atoms with E-state index in [1.165, 1.54) is 11.3 Å². The fourth-order valence-corrected chi connectivity index (χ4v) is 4.69. The van der Waals surface area contributed by atoms with Gasteiger partial charge in [-0.1, -0.05) is 11.6 Å². The molecule has 0 unspecified atom stereocenters. The summed E-state index contributed by atoms with van der Waals surface area (Å²) in [5, 5.41) is 13.0. The van der Waals surface area contributed by atoms with Crippen LogP contribution in [0.2, 0.25) is 5.02 Å². The van der Waals surface area contributed by atoms with Crippen LogP contribution in [-0.2, 0) is 6.42 Å². The van der Waals surface area contributed by atoms with E-state index < -0.39 is 0 Å². The van der Waals surface area contributed by atoms with Gasteiger partial charge in [-0.15, -0.1) is 10.2 Å². The van der Waals surface area contributed by atoms with Crippen molar-refractivity contribution in [1.82, 2.24) is 20.1 Å². The number of benzene rings is 2. The summed E-state index contributed by atoms with van der Waals surface area (Å²) in [6, 6.07) is 16.6. The molecule has 6 nitrogen and oxygen atoms in total. The van der Waals surface area contributed by atoms with E-state index in [1.807, 2.05) is 31.2 Å². The predicted molar refractivity (Wildman–Crippen MR) is 122 cm³/mol. The molecule has 7 heteroatoms. The van der Waals surface area contributed by atoms with Crippen LogP contribution in [0.1, 0.15) is 17.0 Å². The first-order valence-corrected chi connectivity index (χ1v) is 11.0. The number of hydrogen-bond donors (Lipinski definition) is 1. The number of nitrogens with zero attached hydrogens (tertiary/aromatic N) is 4. The molecule has 31 heavy (non-hydrogen) atoms. The summed E-state index contributed by atoms with van der Waals surface area (Å²) in [6.07, 6.45) is 0.782. The standard InChI is InChI=1S/C24H22ClN5O/c1-15-27-28-24-23-18(14-22(31-23)16-2-4-19(25)5-3-16)12-17-13-20(6-7-21(17)30(15)24)29-10-8-26-9-11-29/h2-7,13-14,26H,8-12H2,1H3. The Balaban J connectivity index is 1.48. The van der Waals surface area contributed by atoms with Gasteiger partial charge >= 0.3 is 0 Å². The van der Waals surface area contributed by atoms with Crippen LogP contribution in [0.3, 0.4) is 0 Å². The zero-order chi connectivity index (χ0) is 20.9. The van der Waals surface area contributed by atoms with Crippen molar-refractivity contribution in [2.45, 2.75) is 13.3 Å². The number of aromatic nitrogens is 3. The van der Waals surface area contributed by atoms with Crippen LogP contribution in [0.4, 0.5) is 5.69 Å². The van der Waals surface area contributed by atoms with Crippen LogP contribution in [0.5, 0.6) is 0 Å². The number of halogens is 1. The SMILES string of the molecule is Cc1nnc2n1-c1ccc(N3CCNCC3)cc1Cc1cc(-c3ccc(Cl)cc3)oc1-2. The minimum absolute atomic E-state index is 0.710. The predicted octanol–water partition coefficient (Wildman–Crippen LogP) is 4.47. The summed E-state index contributed by atoms with van der Waals surface area (Å²) < 4.78 is 8.45. The molecule has 1 fully saturated rings. The van der Waals surface area contributed by atoms with Gasteiger partial charge < -0.3 is 14.6 Å². The first kappa shape index (κ1) is 18.7. The van der Waals surface area contributed by atoms with Crippen LogP contribution in [0, 0.1) is 6.92 Å². The van der Waals surface area contributed by atoms with Gasteiger partial charge in [-0.2, -0.15) is 0 Å². The largest absolute Gasteiger partial charge is 0.452 e. The Labute approximate surface area is 185 Å². The number of hydrogen-bond acceptors (Lipinski definition) is 5. The van der Waals surface area contributed by atoms with Crippen LogP contribution < -0.4 is 10.2 Å². The smallest absolute Gasteiger partial charge is 0.204 e. The summed E-state index contributed by atoms with van der Waals surface area (Å²) in [4.78, 5) is 2.44. The number of rotatable bonds is 2. The van der Waals surface area contributed by atoms with Gasteiger partial charge in [0.05, 0.1) is 5.69 Å². The van der Waals surface area contributed by atoms with Crippen molar-refractivity contribution in [3.8, 4) is 28.6 Å². The molecule has 6 rings (SSSR count). The molecule has 0 bridgehead atoms. The molecular formula is C24H22ClN5O.